The van der Waals surface area contributed by atoms with Crippen molar-refractivity contribution in [3.63, 3.8) is 0 Å². The van der Waals surface area contributed by atoms with Crippen molar-refractivity contribution in [3.8, 4) is 11.5 Å². The van der Waals surface area contributed by atoms with E-state index in [2.05, 4.69) is 0 Å². The lowest BCUT2D eigenvalue weighted by Crippen LogP contribution is -2.35. The molecule has 5 nitrogen and oxygen atoms in total. The molecular weight excluding hydrogens is 198 g/mol. The number of hydrogen-bond donors (Lipinski definition) is 4. The molecule has 0 saturated carbocycles. The number of rotatable bonds is 3. The van der Waals surface area contributed by atoms with Crippen molar-refractivity contribution >= 4 is 5.78 Å². The minimum absolute atomic E-state index is 0.768. The Kier molecular flexibility index (Phi) is 1.95. The summed E-state index contributed by atoms with van der Waals surface area (Å²) in [7, 11) is 0. The molecule has 0 unspecified atom stereocenters. The van der Waals surface area contributed by atoms with E-state index < -0.39 is 53.1 Å². The summed E-state index contributed by atoms with van der Waals surface area (Å²) in [5.74, 6) is -2.83. The molecule has 0 aromatic heterocycles. The Bertz CT molecular complexity index is 518. The van der Waals surface area contributed by atoms with Gasteiger partial charge in [0.15, 0.2) is 11.5 Å². The fourth-order valence-electron chi connectivity index (χ4n) is 0.866. The molecule has 0 fully saturated rings. The van der Waals surface area contributed by atoms with Crippen LogP contribution in [0.5, 0.6) is 11.5 Å². The fraction of sp³-hybridized carbons (Fsp3) is 0.300. The second-order valence-corrected chi connectivity index (χ2v) is 2.92. The maximum absolute atomic E-state index is 11.1. The van der Waals surface area contributed by atoms with E-state index in [1.54, 1.807) is 0 Å². The van der Waals surface area contributed by atoms with Crippen molar-refractivity contribution in [2.75, 3.05) is 0 Å². The Morgan fingerprint density at radius 1 is 1.53 bits per heavy atom. The average Bonchev–Trinajstić information content (AvgIpc) is 2.32. The summed E-state index contributed by atoms with van der Waals surface area (Å²) >= 11 is 0. The third-order valence-electron chi connectivity index (χ3n) is 1.76. The number of aliphatic hydroxyl groups is 1. The second-order valence-electron chi connectivity index (χ2n) is 2.92. The van der Waals surface area contributed by atoms with E-state index in [0.29, 0.717) is 0 Å². The SMILES string of the molecule is [2H]c1c([2H])c([C@]([2H])(O)[C@@H](N)C(C)=O)c([2H])c(O)c1O. The number of Topliss-reactive ketones (excluding diaryl/α,β-unsaturated/α-hetero) is 1. The molecule has 0 heterocycles. The molecule has 2 atom stereocenters. The zero-order valence-electron chi connectivity index (χ0n) is 11.9. The van der Waals surface area contributed by atoms with Gasteiger partial charge in [0.1, 0.15) is 11.9 Å². The highest BCUT2D eigenvalue weighted by molar-refractivity contribution is 5.82. The first kappa shape index (κ1) is 6.81. The van der Waals surface area contributed by atoms with Gasteiger partial charge in [0, 0.05) is 0 Å². The van der Waals surface area contributed by atoms with Crippen LogP contribution in [0.3, 0.4) is 0 Å². The van der Waals surface area contributed by atoms with Crippen molar-refractivity contribution in [1.29, 1.82) is 0 Å². The van der Waals surface area contributed by atoms with Crippen LogP contribution in [0.4, 0.5) is 0 Å². The lowest BCUT2D eigenvalue weighted by Gasteiger charge is -2.16. The van der Waals surface area contributed by atoms with Crippen LogP contribution in [-0.4, -0.2) is 27.1 Å². The Labute approximate surface area is 92.4 Å². The monoisotopic (exact) mass is 215 g/mol. The standard InChI is InChI=1S/C10H13NO4/c1-5(12)9(11)10(15)6-2-3-7(13)8(14)4-6/h2-4,9-10,13-15H,11H2,1H3/t9-,10-/m0/s1/i2D,3D,4D,10D. The highest BCUT2D eigenvalue weighted by Crippen LogP contribution is 2.28. The molecule has 15 heavy (non-hydrogen) atoms. The van der Waals surface area contributed by atoms with E-state index in [0.717, 1.165) is 6.92 Å². The Balaban J connectivity index is 3.64. The Morgan fingerprint density at radius 3 is 2.67 bits per heavy atom. The maximum atomic E-state index is 11.1. The lowest BCUT2D eigenvalue weighted by atomic mass is 10.00. The molecule has 0 aliphatic heterocycles. The van der Waals surface area contributed by atoms with Gasteiger partial charge in [-0.1, -0.05) is 6.04 Å². The van der Waals surface area contributed by atoms with E-state index >= 15 is 0 Å². The van der Waals surface area contributed by atoms with Crippen molar-refractivity contribution in [1.82, 2.24) is 0 Å². The van der Waals surface area contributed by atoms with Crippen LogP contribution in [0.2, 0.25) is 0 Å². The first-order valence-corrected chi connectivity index (χ1v) is 4.04. The molecule has 0 bridgehead atoms. The molecule has 0 amide bonds. The van der Waals surface area contributed by atoms with Gasteiger partial charge in [-0.2, -0.15) is 0 Å². The maximum Gasteiger partial charge on any atom is 0.157 e. The van der Waals surface area contributed by atoms with Gasteiger partial charge in [0.05, 0.1) is 11.5 Å². The van der Waals surface area contributed by atoms with Crippen molar-refractivity contribution in [3.05, 3.63) is 23.7 Å². The number of phenols is 2. The smallest absolute Gasteiger partial charge is 0.157 e. The molecule has 82 valence electrons. The van der Waals surface area contributed by atoms with E-state index in [-0.39, 0.29) is 0 Å². The minimum atomic E-state index is -2.86. The minimum Gasteiger partial charge on any atom is -0.504 e. The first-order chi connectivity index (χ1) is 8.53. The van der Waals surface area contributed by atoms with Gasteiger partial charge in [-0.3, -0.25) is 4.79 Å². The van der Waals surface area contributed by atoms with E-state index in [9.17, 15) is 20.1 Å². The molecule has 1 aromatic carbocycles. The average molecular weight is 215 g/mol. The largest absolute Gasteiger partial charge is 0.504 e. The lowest BCUT2D eigenvalue weighted by molar-refractivity contribution is -0.120. The number of carbonyl (C=O) groups is 1. The van der Waals surface area contributed by atoms with Crippen LogP contribution in [0.1, 0.15) is 24.1 Å². The molecule has 5 N–H and O–H groups in total. The van der Waals surface area contributed by atoms with E-state index in [1.807, 2.05) is 0 Å². The summed E-state index contributed by atoms with van der Waals surface area (Å²) < 4.78 is 30.0. The summed E-state index contributed by atoms with van der Waals surface area (Å²) in [4.78, 5) is 11.1. The van der Waals surface area contributed by atoms with Gasteiger partial charge < -0.3 is 21.1 Å². The van der Waals surface area contributed by atoms with Crippen LogP contribution in [0.15, 0.2) is 18.1 Å². The van der Waals surface area contributed by atoms with Gasteiger partial charge in [-0.15, -0.1) is 0 Å². The van der Waals surface area contributed by atoms with Crippen LogP contribution in [-0.2, 0) is 4.79 Å². The zero-order chi connectivity index (χ0) is 15.1. The number of aromatic hydroxyl groups is 2. The number of phenolic OH excluding ortho intramolecular Hbond substituents is 2. The molecule has 0 saturated heterocycles. The van der Waals surface area contributed by atoms with E-state index in [4.69, 9.17) is 11.2 Å². The third-order valence-corrected chi connectivity index (χ3v) is 1.76. The van der Waals surface area contributed by atoms with Crippen LogP contribution in [0.25, 0.3) is 0 Å². The normalized spacial score (nSPS) is 20.5. The highest BCUT2D eigenvalue weighted by atomic mass is 16.3. The fourth-order valence-corrected chi connectivity index (χ4v) is 0.866. The summed E-state index contributed by atoms with van der Waals surface area (Å²) in [5, 5.41) is 28.6. The highest BCUT2D eigenvalue weighted by Gasteiger charge is 2.21. The zero-order valence-corrected chi connectivity index (χ0v) is 7.90. The molecular formula is C10H13NO4. The van der Waals surface area contributed by atoms with Gasteiger partial charge in [0.25, 0.3) is 0 Å². The van der Waals surface area contributed by atoms with Crippen LogP contribution >= 0.6 is 0 Å². The molecule has 1 rings (SSSR count). The topological polar surface area (TPSA) is 104 Å². The molecule has 1 aromatic rings. The van der Waals surface area contributed by atoms with Crippen LogP contribution in [0, 0.1) is 0 Å². The summed E-state index contributed by atoms with van der Waals surface area (Å²) in [6.45, 7) is 1.01. The van der Waals surface area contributed by atoms with Gasteiger partial charge >= 0.3 is 0 Å². The van der Waals surface area contributed by atoms with Gasteiger partial charge in [-0.05, 0) is 24.6 Å². The Hall–Kier alpha value is -1.59. The number of hydrogen-bond acceptors (Lipinski definition) is 5. The van der Waals surface area contributed by atoms with Crippen molar-refractivity contribution in [2.24, 2.45) is 5.73 Å². The van der Waals surface area contributed by atoms with Crippen molar-refractivity contribution < 1.29 is 25.6 Å². The van der Waals surface area contributed by atoms with Gasteiger partial charge in [-0.25, -0.2) is 0 Å². The second kappa shape index (κ2) is 4.29. The molecule has 0 radical (unpaired) electrons. The molecule has 0 spiro atoms. The summed E-state index contributed by atoms with van der Waals surface area (Å²) in [6, 6.07) is -4.41. The van der Waals surface area contributed by atoms with E-state index in [1.165, 1.54) is 0 Å². The predicted molar refractivity (Wildman–Crippen MR) is 53.4 cm³/mol. The summed E-state index contributed by atoms with van der Waals surface area (Å²) in [5.41, 5.74) is 4.53. The molecule has 0 aliphatic rings. The third kappa shape index (κ3) is 2.45. The Morgan fingerprint density at radius 2 is 2.13 bits per heavy atom. The molecule has 0 aliphatic carbocycles. The predicted octanol–water partition coefficient (Wildman–Crippen LogP) is 0.0475. The number of ketones is 1. The number of benzene rings is 1. The number of nitrogens with two attached hydrogens (primary N) is 1. The summed E-state index contributed by atoms with van der Waals surface area (Å²) in [6.07, 6.45) is -2.86. The quantitative estimate of drug-likeness (QED) is 0.533. The van der Waals surface area contributed by atoms with Crippen LogP contribution < -0.4 is 5.73 Å². The molecule has 5 heteroatoms. The van der Waals surface area contributed by atoms with Gasteiger partial charge in [0.2, 0.25) is 0 Å². The number of carbonyl (C=O) groups excluding carboxylic acids is 1. The first-order valence-electron chi connectivity index (χ1n) is 6.04. The van der Waals surface area contributed by atoms with Crippen molar-refractivity contribution in [2.45, 2.75) is 19.0 Å².